The monoisotopic (exact) mass is 1220 g/mol. The third kappa shape index (κ3) is 25.6. The summed E-state index contributed by atoms with van der Waals surface area (Å²) < 4.78 is 0. The van der Waals surface area contributed by atoms with E-state index < -0.39 is 163 Å². The lowest BCUT2D eigenvalue weighted by molar-refractivity contribution is -0.142. The van der Waals surface area contributed by atoms with Crippen molar-refractivity contribution in [2.45, 2.75) is 167 Å². The van der Waals surface area contributed by atoms with E-state index in [1.807, 2.05) is 6.26 Å². The van der Waals surface area contributed by atoms with Crippen molar-refractivity contribution in [3.05, 3.63) is 65.7 Å². The number of phenols is 1. The van der Waals surface area contributed by atoms with Crippen LogP contribution in [0.15, 0.2) is 54.6 Å². The third-order valence-electron chi connectivity index (χ3n) is 13.7. The average molecular weight is 1220 g/mol. The zero-order valence-electron chi connectivity index (χ0n) is 48.7. The fraction of sp³-hybridized carbons (Fsp3) is 0.571. The summed E-state index contributed by atoms with van der Waals surface area (Å²) in [5.41, 5.74) is 12.6. The van der Waals surface area contributed by atoms with Crippen molar-refractivity contribution in [1.29, 1.82) is 0 Å². The molecule has 0 fully saturated rings. The molecule has 0 radical (unpaired) electrons. The maximum Gasteiger partial charge on any atom is 0.326 e. The van der Waals surface area contributed by atoms with Crippen LogP contribution in [0.1, 0.15) is 105 Å². The van der Waals surface area contributed by atoms with E-state index in [0.29, 0.717) is 36.1 Å². The maximum absolute atomic E-state index is 14.2. The fourth-order valence-corrected chi connectivity index (χ4v) is 9.03. The number of primary amides is 1. The second-order valence-electron chi connectivity index (χ2n) is 21.0. The second kappa shape index (κ2) is 37.0. The standard InChI is InChI=1S/C56H85N11O15S2/c1-9-30(5)45(66-52(77)39(25-34-16-18-35(68)19-17-34)61-48(73)36(57)22-23-84-8)54(79)59-32(7)47(72)65-42(28-83)53(78)67-46(31(6)10-2)55(80)63-38(24-29(3)4)50(75)60-37(20-21-44(70)71)49(74)62-40(27-43(58)69)51(76)64-41(56(81)82)26-33-14-12-11-13-15-33/h11-19,29-32,36-42,45-46,68,83H,9-10,20-28,57H2,1-8H3,(H2,58,69)(H,59,79)(H,60,75)(H,61,73)(H,62,74)(H,63,80)(H,64,76)(H,65,72)(H,66,77)(H,67,78)(H,70,71)(H,81,82)/t30-,31-,32-,36-,37-,38-,39-,40-,41-,42-,45-,46-/m0/s1. The highest BCUT2D eigenvalue weighted by molar-refractivity contribution is 7.98. The minimum atomic E-state index is -1.78. The zero-order chi connectivity index (χ0) is 63.4. The first-order valence-corrected chi connectivity index (χ1v) is 29.7. The van der Waals surface area contributed by atoms with Gasteiger partial charge >= 0.3 is 11.9 Å². The molecule has 16 N–H and O–H groups in total. The van der Waals surface area contributed by atoms with Crippen LogP contribution in [0, 0.1) is 17.8 Å². The Kier molecular flexibility index (Phi) is 32.0. The van der Waals surface area contributed by atoms with Crippen LogP contribution in [0.4, 0.5) is 0 Å². The SMILES string of the molecule is CC[C@H](C)[C@H](NC(=O)[C@H](Cc1ccc(O)cc1)NC(=O)[C@@H](N)CCSC)C(=O)N[C@@H](C)C(=O)N[C@@H](CS)C(=O)N[C@H](C(=O)N[C@@H](CC(C)C)C(=O)N[C@@H](CCC(=O)O)C(=O)N[C@@H](CC(N)=O)C(=O)N[C@@H](Cc1ccccc1)C(=O)O)[C@@H](C)CC. The summed E-state index contributed by atoms with van der Waals surface area (Å²) in [7, 11) is 0. The highest BCUT2D eigenvalue weighted by atomic mass is 32.2. The van der Waals surface area contributed by atoms with Gasteiger partial charge in [-0.25, -0.2) is 4.79 Å². The molecule has 2 rings (SSSR count). The van der Waals surface area contributed by atoms with Gasteiger partial charge in [0.15, 0.2) is 0 Å². The molecule has 0 spiro atoms. The smallest absolute Gasteiger partial charge is 0.326 e. The summed E-state index contributed by atoms with van der Waals surface area (Å²) in [5, 5.41) is 52.0. The van der Waals surface area contributed by atoms with Crippen molar-refractivity contribution >= 4 is 95.4 Å². The number of phenolic OH excluding ortho intramolecular Hbond substituents is 1. The van der Waals surface area contributed by atoms with Crippen molar-refractivity contribution in [1.82, 2.24) is 47.9 Å². The molecule has 2 aromatic rings. The molecule has 0 unspecified atom stereocenters. The van der Waals surface area contributed by atoms with Gasteiger partial charge in [-0.2, -0.15) is 24.4 Å². The Morgan fingerprint density at radius 1 is 0.536 bits per heavy atom. The van der Waals surface area contributed by atoms with Gasteiger partial charge in [0.25, 0.3) is 0 Å². The average Bonchev–Trinajstić information content (AvgIpc) is 3.61. The number of benzene rings is 2. The van der Waals surface area contributed by atoms with Crippen LogP contribution < -0.4 is 59.3 Å². The molecule has 26 nitrogen and oxygen atoms in total. The predicted molar refractivity (Wildman–Crippen MR) is 317 cm³/mol. The molecule has 0 saturated carbocycles. The van der Waals surface area contributed by atoms with Gasteiger partial charge in [0, 0.05) is 25.0 Å². The molecule has 0 saturated heterocycles. The lowest BCUT2D eigenvalue weighted by atomic mass is 9.96. The Balaban J connectivity index is 2.31. The van der Waals surface area contributed by atoms with Crippen LogP contribution in [0.3, 0.4) is 0 Å². The quantitative estimate of drug-likeness (QED) is 0.0378. The summed E-state index contributed by atoms with van der Waals surface area (Å²) in [6.07, 6.45) is 0.587. The van der Waals surface area contributed by atoms with E-state index in [9.17, 15) is 72.9 Å². The van der Waals surface area contributed by atoms with Crippen molar-refractivity contribution in [3.63, 3.8) is 0 Å². The number of rotatable bonds is 38. The van der Waals surface area contributed by atoms with E-state index in [1.54, 1.807) is 84.0 Å². The van der Waals surface area contributed by atoms with Crippen LogP contribution in [0.5, 0.6) is 5.75 Å². The highest BCUT2D eigenvalue weighted by Crippen LogP contribution is 2.16. The zero-order valence-corrected chi connectivity index (χ0v) is 50.4. The molecular weight excluding hydrogens is 1130 g/mol. The number of carbonyl (C=O) groups excluding carboxylic acids is 10. The van der Waals surface area contributed by atoms with Crippen LogP contribution in [-0.2, 0) is 70.4 Å². The molecule has 0 aliphatic heterocycles. The molecule has 28 heteroatoms. The lowest BCUT2D eigenvalue weighted by Gasteiger charge is -2.30. The molecule has 0 heterocycles. The number of amides is 10. The number of carbonyl (C=O) groups is 12. The number of carboxylic acid groups (broad SMARTS) is 2. The largest absolute Gasteiger partial charge is 0.508 e. The molecule has 466 valence electrons. The molecule has 0 bridgehead atoms. The van der Waals surface area contributed by atoms with E-state index in [1.165, 1.54) is 30.8 Å². The molecule has 10 amide bonds. The van der Waals surface area contributed by atoms with Crippen molar-refractivity contribution < 1.29 is 72.9 Å². The number of thiol groups is 1. The number of aliphatic carboxylic acids is 2. The van der Waals surface area contributed by atoms with Gasteiger partial charge in [-0.15, -0.1) is 0 Å². The summed E-state index contributed by atoms with van der Waals surface area (Å²) in [5.74, 6) is -12.9. The van der Waals surface area contributed by atoms with E-state index in [4.69, 9.17) is 11.5 Å². The normalized spacial score (nSPS) is 15.4. The van der Waals surface area contributed by atoms with Gasteiger partial charge in [-0.1, -0.05) is 96.8 Å². The van der Waals surface area contributed by atoms with E-state index >= 15 is 0 Å². The first kappa shape index (κ1) is 72.6. The fourth-order valence-electron chi connectivity index (χ4n) is 8.28. The van der Waals surface area contributed by atoms with Gasteiger partial charge in [0.05, 0.1) is 12.5 Å². The van der Waals surface area contributed by atoms with Crippen LogP contribution in [0.2, 0.25) is 0 Å². The summed E-state index contributed by atoms with van der Waals surface area (Å²) in [4.78, 5) is 160. The number of carboxylic acids is 2. The molecule has 0 aliphatic rings. The maximum atomic E-state index is 14.2. The van der Waals surface area contributed by atoms with E-state index in [-0.39, 0.29) is 36.7 Å². The Bertz CT molecular complexity index is 2560. The second-order valence-corrected chi connectivity index (χ2v) is 22.4. The van der Waals surface area contributed by atoms with Gasteiger partial charge in [-0.3, -0.25) is 52.7 Å². The highest BCUT2D eigenvalue weighted by Gasteiger charge is 2.37. The summed E-state index contributed by atoms with van der Waals surface area (Å²) in [6, 6.07) is 0.405. The Labute approximate surface area is 499 Å². The molecular formula is C56H85N11O15S2. The Morgan fingerprint density at radius 3 is 1.50 bits per heavy atom. The summed E-state index contributed by atoms with van der Waals surface area (Å²) in [6.45, 7) is 11.6. The number of thioether (sulfide) groups is 1. The first-order valence-electron chi connectivity index (χ1n) is 27.7. The summed E-state index contributed by atoms with van der Waals surface area (Å²) >= 11 is 5.76. The Morgan fingerprint density at radius 2 is 0.988 bits per heavy atom. The molecule has 0 aliphatic carbocycles. The van der Waals surface area contributed by atoms with Crippen molar-refractivity contribution in [3.8, 4) is 5.75 Å². The topological polar surface area (TPSA) is 426 Å². The number of hydrogen-bond donors (Lipinski definition) is 15. The number of hydrogen-bond acceptors (Lipinski definition) is 16. The van der Waals surface area contributed by atoms with Gasteiger partial charge in [0.1, 0.15) is 60.1 Å². The van der Waals surface area contributed by atoms with Gasteiger partial charge in [-0.05, 0) is 79.2 Å². The van der Waals surface area contributed by atoms with Crippen LogP contribution >= 0.6 is 24.4 Å². The number of nitrogens with one attached hydrogen (secondary N) is 9. The number of nitrogens with two attached hydrogens (primary N) is 2. The molecule has 12 atom stereocenters. The molecule has 0 aromatic heterocycles. The minimum absolute atomic E-state index is 0.0145. The van der Waals surface area contributed by atoms with E-state index in [0.717, 1.165) is 0 Å². The first-order chi connectivity index (χ1) is 39.5. The van der Waals surface area contributed by atoms with Crippen molar-refractivity contribution in [2.24, 2.45) is 29.2 Å². The third-order valence-corrected chi connectivity index (χ3v) is 14.7. The van der Waals surface area contributed by atoms with Gasteiger partial charge in [0.2, 0.25) is 59.1 Å². The predicted octanol–water partition coefficient (Wildman–Crippen LogP) is -0.466. The Hall–Kier alpha value is -7.46. The lowest BCUT2D eigenvalue weighted by Crippen LogP contribution is -2.62. The molecule has 84 heavy (non-hydrogen) atoms. The van der Waals surface area contributed by atoms with E-state index in [2.05, 4.69) is 60.5 Å². The number of aromatic hydroxyl groups is 1. The minimum Gasteiger partial charge on any atom is -0.508 e. The van der Waals surface area contributed by atoms with Crippen LogP contribution in [0.25, 0.3) is 0 Å². The van der Waals surface area contributed by atoms with Crippen LogP contribution in [-0.4, -0.2) is 165 Å². The van der Waals surface area contributed by atoms with Gasteiger partial charge < -0.3 is 74.6 Å². The van der Waals surface area contributed by atoms with Crippen molar-refractivity contribution in [2.75, 3.05) is 17.8 Å². The molecule has 2 aromatic carbocycles.